The summed E-state index contributed by atoms with van der Waals surface area (Å²) in [7, 11) is 3.70. The van der Waals surface area contributed by atoms with E-state index in [1.807, 2.05) is 20.0 Å². The van der Waals surface area contributed by atoms with Crippen molar-refractivity contribution in [3.8, 4) is 0 Å². The maximum Gasteiger partial charge on any atom is 0.127 e. The van der Waals surface area contributed by atoms with Gasteiger partial charge in [-0.3, -0.25) is 0 Å². The van der Waals surface area contributed by atoms with Crippen molar-refractivity contribution < 1.29 is 9.13 Å². The molecule has 0 aromatic heterocycles. The number of benzene rings is 1. The molecule has 4 heteroatoms. The largest absolute Gasteiger partial charge is 0.383 e. The molecule has 18 heavy (non-hydrogen) atoms. The average molecular weight is 254 g/mol. The zero-order chi connectivity index (χ0) is 13.5. The first-order chi connectivity index (χ1) is 8.56. The van der Waals surface area contributed by atoms with Crippen LogP contribution in [0.15, 0.2) is 24.3 Å². The van der Waals surface area contributed by atoms with Gasteiger partial charge in [0.05, 0.1) is 6.61 Å². The second kappa shape index (κ2) is 7.46. The third-order valence-electron chi connectivity index (χ3n) is 3.15. The molecule has 0 spiro atoms. The molecule has 0 aliphatic heterocycles. The zero-order valence-electron chi connectivity index (χ0n) is 11.4. The fraction of sp³-hybridized carbons (Fsp3) is 0.571. The zero-order valence-corrected chi connectivity index (χ0v) is 11.4. The Labute approximate surface area is 109 Å². The fourth-order valence-electron chi connectivity index (χ4n) is 2.00. The standard InChI is InChI=1S/C14H23FN2O/c1-11(10-17(2)8-9-18-3)14(16)12-6-4-5-7-13(12)15/h4-7,11,14H,8-10,16H2,1-3H3. The van der Waals surface area contributed by atoms with Crippen LogP contribution >= 0.6 is 0 Å². The van der Waals surface area contributed by atoms with Crippen LogP contribution in [0.4, 0.5) is 4.39 Å². The molecule has 2 N–H and O–H groups in total. The Morgan fingerprint density at radius 3 is 2.67 bits per heavy atom. The van der Waals surface area contributed by atoms with Gasteiger partial charge in [-0.2, -0.15) is 0 Å². The number of nitrogens with two attached hydrogens (primary N) is 1. The van der Waals surface area contributed by atoms with Crippen molar-refractivity contribution in [2.45, 2.75) is 13.0 Å². The highest BCUT2D eigenvalue weighted by molar-refractivity contribution is 5.21. The van der Waals surface area contributed by atoms with Gasteiger partial charge in [0.25, 0.3) is 0 Å². The number of hydrogen-bond donors (Lipinski definition) is 1. The fourth-order valence-corrected chi connectivity index (χ4v) is 2.00. The minimum atomic E-state index is -0.281. The molecule has 0 saturated carbocycles. The number of nitrogens with zero attached hydrogens (tertiary/aromatic N) is 1. The normalized spacial score (nSPS) is 14.8. The highest BCUT2D eigenvalue weighted by Gasteiger charge is 2.19. The predicted molar refractivity (Wildman–Crippen MR) is 71.9 cm³/mol. The predicted octanol–water partition coefficient (Wildman–Crippen LogP) is 2.04. The summed E-state index contributed by atoms with van der Waals surface area (Å²) in [5, 5.41) is 0. The molecule has 0 bridgehead atoms. The second-order valence-corrected chi connectivity index (χ2v) is 4.78. The van der Waals surface area contributed by atoms with Crippen LogP contribution in [0, 0.1) is 11.7 Å². The third-order valence-corrected chi connectivity index (χ3v) is 3.15. The molecule has 0 amide bonds. The van der Waals surface area contributed by atoms with E-state index in [2.05, 4.69) is 4.90 Å². The van der Waals surface area contributed by atoms with E-state index in [4.69, 9.17) is 10.5 Å². The van der Waals surface area contributed by atoms with E-state index in [0.29, 0.717) is 12.2 Å². The van der Waals surface area contributed by atoms with Crippen molar-refractivity contribution in [3.05, 3.63) is 35.6 Å². The summed E-state index contributed by atoms with van der Waals surface area (Å²) in [6.45, 7) is 4.41. The molecule has 0 aliphatic rings. The lowest BCUT2D eigenvalue weighted by atomic mass is 9.94. The van der Waals surface area contributed by atoms with Crippen LogP contribution in [0.2, 0.25) is 0 Å². The molecule has 0 saturated heterocycles. The second-order valence-electron chi connectivity index (χ2n) is 4.78. The Bertz CT molecular complexity index is 359. The summed E-state index contributed by atoms with van der Waals surface area (Å²) >= 11 is 0. The van der Waals surface area contributed by atoms with E-state index in [1.165, 1.54) is 6.07 Å². The van der Waals surface area contributed by atoms with Gasteiger partial charge in [-0.25, -0.2) is 4.39 Å². The Balaban J connectivity index is 2.56. The number of halogens is 1. The maximum absolute atomic E-state index is 13.6. The molecule has 1 aromatic carbocycles. The third kappa shape index (κ3) is 4.37. The van der Waals surface area contributed by atoms with Crippen LogP contribution in [0.3, 0.4) is 0 Å². The Morgan fingerprint density at radius 2 is 2.06 bits per heavy atom. The smallest absolute Gasteiger partial charge is 0.127 e. The lowest BCUT2D eigenvalue weighted by Gasteiger charge is -2.26. The first-order valence-electron chi connectivity index (χ1n) is 6.23. The number of methoxy groups -OCH3 is 1. The molecule has 3 nitrogen and oxygen atoms in total. The Hall–Kier alpha value is -0.970. The van der Waals surface area contributed by atoms with Crippen molar-refractivity contribution in [2.75, 3.05) is 33.9 Å². The van der Waals surface area contributed by atoms with Gasteiger partial charge in [0, 0.05) is 31.8 Å². The molecule has 0 radical (unpaired) electrons. The molecule has 0 heterocycles. The highest BCUT2D eigenvalue weighted by Crippen LogP contribution is 2.22. The van der Waals surface area contributed by atoms with Gasteiger partial charge >= 0.3 is 0 Å². The minimum absolute atomic E-state index is 0.184. The first kappa shape index (κ1) is 15.1. The van der Waals surface area contributed by atoms with Crippen LogP contribution in [0.5, 0.6) is 0 Å². The quantitative estimate of drug-likeness (QED) is 0.809. The van der Waals surface area contributed by atoms with Crippen molar-refractivity contribution in [2.24, 2.45) is 11.7 Å². The number of rotatable bonds is 7. The van der Waals surface area contributed by atoms with Gasteiger partial charge in [0.1, 0.15) is 5.82 Å². The number of hydrogen-bond acceptors (Lipinski definition) is 3. The van der Waals surface area contributed by atoms with E-state index in [9.17, 15) is 4.39 Å². The van der Waals surface area contributed by atoms with E-state index in [0.717, 1.165) is 13.1 Å². The summed E-state index contributed by atoms with van der Waals surface area (Å²) in [5.74, 6) is -0.0415. The molecule has 1 aromatic rings. The van der Waals surface area contributed by atoms with Crippen molar-refractivity contribution in [3.63, 3.8) is 0 Å². The summed E-state index contributed by atoms with van der Waals surface area (Å²) in [4.78, 5) is 2.15. The molecule has 1 rings (SSSR count). The molecule has 102 valence electrons. The monoisotopic (exact) mass is 254 g/mol. The van der Waals surface area contributed by atoms with Crippen LogP contribution in [0.25, 0.3) is 0 Å². The van der Waals surface area contributed by atoms with Gasteiger partial charge in [-0.15, -0.1) is 0 Å². The Morgan fingerprint density at radius 1 is 1.39 bits per heavy atom. The van der Waals surface area contributed by atoms with Crippen LogP contribution in [-0.2, 0) is 4.74 Å². The van der Waals surface area contributed by atoms with Crippen LogP contribution in [-0.4, -0.2) is 38.8 Å². The highest BCUT2D eigenvalue weighted by atomic mass is 19.1. The van der Waals surface area contributed by atoms with Crippen molar-refractivity contribution in [1.29, 1.82) is 0 Å². The van der Waals surface area contributed by atoms with Gasteiger partial charge in [0.2, 0.25) is 0 Å². The molecule has 0 fully saturated rings. The van der Waals surface area contributed by atoms with Crippen molar-refractivity contribution in [1.82, 2.24) is 4.90 Å². The summed E-state index contributed by atoms with van der Waals surface area (Å²) in [5.41, 5.74) is 6.71. The maximum atomic E-state index is 13.6. The van der Waals surface area contributed by atoms with Gasteiger partial charge in [-0.05, 0) is 19.0 Å². The number of likely N-dealkylation sites (N-methyl/N-ethyl adjacent to an activating group) is 1. The lowest BCUT2D eigenvalue weighted by molar-refractivity contribution is 0.150. The SMILES string of the molecule is COCCN(C)CC(C)C(N)c1ccccc1F. The topological polar surface area (TPSA) is 38.5 Å². The van der Waals surface area contributed by atoms with E-state index in [-0.39, 0.29) is 17.8 Å². The molecule has 2 unspecified atom stereocenters. The average Bonchev–Trinajstić information content (AvgIpc) is 2.36. The first-order valence-corrected chi connectivity index (χ1v) is 6.23. The minimum Gasteiger partial charge on any atom is -0.383 e. The van der Waals surface area contributed by atoms with E-state index in [1.54, 1.807) is 19.2 Å². The van der Waals surface area contributed by atoms with Gasteiger partial charge in [0.15, 0.2) is 0 Å². The van der Waals surface area contributed by atoms with Crippen LogP contribution in [0.1, 0.15) is 18.5 Å². The van der Waals surface area contributed by atoms with Gasteiger partial charge in [-0.1, -0.05) is 25.1 Å². The molecule has 0 aliphatic carbocycles. The summed E-state index contributed by atoms with van der Waals surface area (Å²) in [6.07, 6.45) is 0. The van der Waals surface area contributed by atoms with Gasteiger partial charge < -0.3 is 15.4 Å². The lowest BCUT2D eigenvalue weighted by Crippen LogP contribution is -2.33. The van der Waals surface area contributed by atoms with Crippen LogP contribution < -0.4 is 5.73 Å². The molecular weight excluding hydrogens is 231 g/mol. The van der Waals surface area contributed by atoms with E-state index < -0.39 is 0 Å². The molecule has 2 atom stereocenters. The van der Waals surface area contributed by atoms with E-state index >= 15 is 0 Å². The molecular formula is C14H23FN2O. The Kier molecular flexibility index (Phi) is 6.25. The number of ether oxygens (including phenoxy) is 1. The summed E-state index contributed by atoms with van der Waals surface area (Å²) < 4.78 is 18.7. The summed E-state index contributed by atoms with van der Waals surface area (Å²) in [6, 6.07) is 6.43. The van der Waals surface area contributed by atoms with Crippen molar-refractivity contribution >= 4 is 0 Å².